The van der Waals surface area contributed by atoms with Crippen LogP contribution in [0.1, 0.15) is 91.9 Å². The molecule has 30 heavy (non-hydrogen) atoms. The van der Waals surface area contributed by atoms with Crippen LogP contribution in [0, 0.1) is 11.8 Å². The van der Waals surface area contributed by atoms with Crippen molar-refractivity contribution in [1.29, 1.82) is 0 Å². The van der Waals surface area contributed by atoms with Crippen molar-refractivity contribution in [3.8, 4) is 0 Å². The van der Waals surface area contributed by atoms with Gasteiger partial charge in [0.15, 0.2) is 5.78 Å². The molecule has 0 spiro atoms. The van der Waals surface area contributed by atoms with E-state index in [0.717, 1.165) is 50.5 Å². The molecule has 0 aromatic heterocycles. The highest BCUT2D eigenvalue weighted by Crippen LogP contribution is 2.47. The van der Waals surface area contributed by atoms with E-state index in [1.54, 1.807) is 13.8 Å². The zero-order valence-corrected chi connectivity index (χ0v) is 19.5. The Kier molecular flexibility index (Phi) is 9.31. The van der Waals surface area contributed by atoms with Crippen LogP contribution in [0.15, 0.2) is 47.1 Å². The zero-order valence-electron chi connectivity index (χ0n) is 19.5. The van der Waals surface area contributed by atoms with Gasteiger partial charge in [-0.15, -0.1) is 0 Å². The lowest BCUT2D eigenvalue weighted by molar-refractivity contribution is -0.134. The molecule has 2 N–H and O–H groups in total. The van der Waals surface area contributed by atoms with E-state index in [-0.39, 0.29) is 11.9 Å². The molecule has 3 nitrogen and oxygen atoms in total. The summed E-state index contributed by atoms with van der Waals surface area (Å²) in [6, 6.07) is 0. The van der Waals surface area contributed by atoms with E-state index in [4.69, 9.17) is 0 Å². The van der Waals surface area contributed by atoms with Crippen LogP contribution < -0.4 is 0 Å². The van der Waals surface area contributed by atoms with Crippen LogP contribution in [0.3, 0.4) is 0 Å². The molecule has 168 valence electrons. The lowest BCUT2D eigenvalue weighted by atomic mass is 9.74. The maximum atomic E-state index is 11.9. The fraction of sp³-hybridized carbons (Fsp3) is 0.667. The second kappa shape index (κ2) is 11.2. The molecule has 0 saturated heterocycles. The van der Waals surface area contributed by atoms with Crippen molar-refractivity contribution in [2.24, 2.45) is 11.8 Å². The topological polar surface area (TPSA) is 57.5 Å². The average molecular weight is 415 g/mol. The molecule has 3 heteroatoms. The van der Waals surface area contributed by atoms with Crippen molar-refractivity contribution in [2.45, 2.75) is 104 Å². The van der Waals surface area contributed by atoms with Gasteiger partial charge in [0.1, 0.15) is 5.60 Å². The molecule has 3 atom stereocenters. The fourth-order valence-corrected chi connectivity index (χ4v) is 5.05. The second-order valence-corrected chi connectivity index (χ2v) is 9.32. The summed E-state index contributed by atoms with van der Waals surface area (Å²) in [6.07, 6.45) is 16.4. The Morgan fingerprint density at radius 3 is 2.57 bits per heavy atom. The zero-order chi connectivity index (χ0) is 22.3. The summed E-state index contributed by atoms with van der Waals surface area (Å²) in [7, 11) is 0. The molecule has 3 aliphatic rings. The highest BCUT2D eigenvalue weighted by Gasteiger charge is 2.34. The Morgan fingerprint density at radius 2 is 1.87 bits per heavy atom. The number of fused-ring (bicyclic) bond motifs is 1. The number of rotatable bonds is 6. The Labute approximate surface area is 183 Å². The molecule has 0 amide bonds. The summed E-state index contributed by atoms with van der Waals surface area (Å²) in [5, 5.41) is 19.8. The van der Waals surface area contributed by atoms with Gasteiger partial charge in [0.2, 0.25) is 0 Å². The maximum Gasteiger partial charge on any atom is 0.163 e. The van der Waals surface area contributed by atoms with Gasteiger partial charge in [0.05, 0.1) is 6.10 Å². The summed E-state index contributed by atoms with van der Waals surface area (Å²) < 4.78 is 0. The van der Waals surface area contributed by atoms with E-state index < -0.39 is 5.60 Å². The van der Waals surface area contributed by atoms with Crippen LogP contribution >= 0.6 is 0 Å². The van der Waals surface area contributed by atoms with Gasteiger partial charge in [0, 0.05) is 6.42 Å². The van der Waals surface area contributed by atoms with Gasteiger partial charge in [-0.2, -0.15) is 0 Å². The van der Waals surface area contributed by atoms with E-state index in [2.05, 4.69) is 24.8 Å². The van der Waals surface area contributed by atoms with Crippen LogP contribution in [0.5, 0.6) is 0 Å². The lowest BCUT2D eigenvalue weighted by Crippen LogP contribution is -2.30. The first-order valence-corrected chi connectivity index (χ1v) is 12.0. The predicted molar refractivity (Wildman–Crippen MR) is 125 cm³/mol. The van der Waals surface area contributed by atoms with Crippen LogP contribution in [-0.4, -0.2) is 27.7 Å². The number of Topliss-reactive ketones (excluding diaryl/α,β-unsaturated/α-hetero) is 1. The number of hydrogen-bond acceptors (Lipinski definition) is 3. The molecule has 0 radical (unpaired) electrons. The molecule has 0 aromatic rings. The molecule has 0 aliphatic heterocycles. The van der Waals surface area contributed by atoms with Crippen LogP contribution in [-0.2, 0) is 4.79 Å². The molecule has 3 rings (SSSR count). The number of aliphatic hydroxyl groups is 2. The van der Waals surface area contributed by atoms with Crippen molar-refractivity contribution in [3.63, 3.8) is 0 Å². The van der Waals surface area contributed by atoms with E-state index in [9.17, 15) is 15.0 Å². The molecular formula is C27H42O3. The maximum absolute atomic E-state index is 11.9. The van der Waals surface area contributed by atoms with Gasteiger partial charge >= 0.3 is 0 Å². The number of carbonyl (C=O) groups excluding carboxylic acids is 1. The summed E-state index contributed by atoms with van der Waals surface area (Å²) in [5.74, 6) is 1.16. The van der Waals surface area contributed by atoms with Gasteiger partial charge < -0.3 is 10.2 Å². The number of ketones is 1. The second-order valence-electron chi connectivity index (χ2n) is 9.32. The van der Waals surface area contributed by atoms with Crippen molar-refractivity contribution in [2.75, 3.05) is 0 Å². The van der Waals surface area contributed by atoms with Gasteiger partial charge in [-0.25, -0.2) is 0 Å². The monoisotopic (exact) mass is 414 g/mol. The third-order valence-corrected chi connectivity index (χ3v) is 6.84. The van der Waals surface area contributed by atoms with Crippen molar-refractivity contribution in [3.05, 3.63) is 47.1 Å². The number of aliphatic hydroxyl groups excluding tert-OH is 1. The van der Waals surface area contributed by atoms with E-state index in [0.29, 0.717) is 18.3 Å². The third kappa shape index (κ3) is 6.28. The molecule has 1 unspecified atom stereocenters. The molecular weight excluding hydrogens is 372 g/mol. The van der Waals surface area contributed by atoms with Crippen LogP contribution in [0.4, 0.5) is 0 Å². The van der Waals surface area contributed by atoms with Crippen LogP contribution in [0.25, 0.3) is 0 Å². The summed E-state index contributed by atoms with van der Waals surface area (Å²) in [5.41, 5.74) is 3.96. The minimum Gasteiger partial charge on any atom is -0.388 e. The molecule has 0 bridgehead atoms. The fourth-order valence-electron chi connectivity index (χ4n) is 5.05. The lowest BCUT2D eigenvalue weighted by Gasteiger charge is -2.31. The first-order chi connectivity index (χ1) is 14.3. The number of allylic oxidation sites excluding steroid dienone is 5. The van der Waals surface area contributed by atoms with E-state index in [1.165, 1.54) is 29.6 Å². The molecule has 0 heterocycles. The largest absolute Gasteiger partial charge is 0.388 e. The summed E-state index contributed by atoms with van der Waals surface area (Å²) in [6.45, 7) is 11.2. The Hall–Kier alpha value is -1.45. The summed E-state index contributed by atoms with van der Waals surface area (Å²) >= 11 is 0. The summed E-state index contributed by atoms with van der Waals surface area (Å²) in [4.78, 5) is 11.9. The van der Waals surface area contributed by atoms with Gasteiger partial charge in [-0.1, -0.05) is 49.8 Å². The van der Waals surface area contributed by atoms with Crippen molar-refractivity contribution < 1.29 is 15.0 Å². The number of hydrogen-bond donors (Lipinski definition) is 2. The van der Waals surface area contributed by atoms with E-state index in [1.807, 2.05) is 13.8 Å². The van der Waals surface area contributed by atoms with E-state index >= 15 is 0 Å². The first kappa shape index (κ1) is 24.8. The third-order valence-electron chi connectivity index (χ3n) is 6.84. The van der Waals surface area contributed by atoms with Gasteiger partial charge in [-0.3, -0.25) is 4.79 Å². The Morgan fingerprint density at radius 1 is 1.17 bits per heavy atom. The van der Waals surface area contributed by atoms with Gasteiger partial charge in [-0.05, 0) is 94.6 Å². The smallest absolute Gasteiger partial charge is 0.163 e. The minimum atomic E-state index is -1.21. The molecule has 0 aromatic carbocycles. The molecule has 2 fully saturated rings. The Bertz CT molecular complexity index is 702. The van der Waals surface area contributed by atoms with Crippen LogP contribution in [0.2, 0.25) is 0 Å². The standard InChI is InChI=1S/C25H36O3.C2H6/c1-17-18(7-5-11-23(17)26)13-14-19-8-4-10-21-20(15-16-22(19)21)9-6-12-24(27)25(2,3)28;1-2/h13-15,21-23,26,28H,1,4-12,16H2,2-3H3;1-2H3/b18-13-,19-14+;/t21-,22?,23+;/m1./s1. The van der Waals surface area contributed by atoms with Crippen molar-refractivity contribution in [1.82, 2.24) is 0 Å². The molecule has 3 aliphatic carbocycles. The predicted octanol–water partition coefficient (Wildman–Crippen LogP) is 6.22. The molecule has 2 saturated carbocycles. The normalized spacial score (nSPS) is 29.3. The Balaban J connectivity index is 0.00000155. The number of carbonyl (C=O) groups is 1. The highest BCUT2D eigenvalue weighted by molar-refractivity contribution is 5.86. The van der Waals surface area contributed by atoms with Crippen molar-refractivity contribution >= 4 is 5.78 Å². The average Bonchev–Trinajstić information content (AvgIpc) is 3.13. The van der Waals surface area contributed by atoms with Gasteiger partial charge in [0.25, 0.3) is 0 Å². The quantitative estimate of drug-likeness (QED) is 0.507. The highest BCUT2D eigenvalue weighted by atomic mass is 16.3. The SMILES string of the molecule is C=C1/C(=C\C=C2/CCC[C@@H]3C(CCCC(=O)C(C)(C)O)=CCC23)CCC[C@@H]1O.CC. The first-order valence-electron chi connectivity index (χ1n) is 12.0. The minimum absolute atomic E-state index is 0.0617.